The van der Waals surface area contributed by atoms with E-state index in [0.717, 1.165) is 22.8 Å². The molecule has 0 aliphatic carbocycles. The molecule has 1 aliphatic rings. The molecule has 38 heavy (non-hydrogen) atoms. The molecule has 1 N–H and O–H groups in total. The molecule has 1 heterocycles. The molecule has 0 unspecified atom stereocenters. The summed E-state index contributed by atoms with van der Waals surface area (Å²) in [6.07, 6.45) is 1.67. The van der Waals surface area contributed by atoms with Gasteiger partial charge in [0.15, 0.2) is 0 Å². The molecular formula is C29H34ClN3O4S. The fourth-order valence-electron chi connectivity index (χ4n) is 4.86. The molecule has 0 bridgehead atoms. The molecule has 0 aromatic heterocycles. The van der Waals surface area contributed by atoms with E-state index in [1.54, 1.807) is 35.2 Å². The zero-order valence-corrected chi connectivity index (χ0v) is 23.6. The van der Waals surface area contributed by atoms with Crippen LogP contribution in [-0.2, 0) is 26.2 Å². The van der Waals surface area contributed by atoms with Crippen LogP contribution >= 0.6 is 11.6 Å². The normalized spacial score (nSPS) is 15.3. The van der Waals surface area contributed by atoms with E-state index in [9.17, 15) is 18.0 Å². The van der Waals surface area contributed by atoms with Crippen molar-refractivity contribution in [1.82, 2.24) is 10.2 Å². The fraction of sp³-hybridized carbons (Fsp3) is 0.379. The van der Waals surface area contributed by atoms with Crippen LogP contribution in [0.1, 0.15) is 52.0 Å². The third kappa shape index (κ3) is 5.66. The third-order valence-corrected chi connectivity index (χ3v) is 9.19. The number of hydrogen-bond acceptors (Lipinski definition) is 4. The minimum absolute atomic E-state index is 0.00579. The molecule has 4 rings (SSSR count). The van der Waals surface area contributed by atoms with Crippen molar-refractivity contribution >= 4 is 49.9 Å². The number of carbonyl (C=O) groups excluding carboxylic acids is 2. The van der Waals surface area contributed by atoms with Gasteiger partial charge in [-0.15, -0.1) is 0 Å². The van der Waals surface area contributed by atoms with E-state index in [-0.39, 0.29) is 37.4 Å². The van der Waals surface area contributed by atoms with E-state index < -0.39 is 16.1 Å². The van der Waals surface area contributed by atoms with Crippen molar-refractivity contribution < 1.29 is 18.0 Å². The van der Waals surface area contributed by atoms with Gasteiger partial charge in [-0.25, -0.2) is 8.42 Å². The molecule has 7 nitrogen and oxygen atoms in total. The number of benzene rings is 3. The van der Waals surface area contributed by atoms with Crippen LogP contribution in [0.15, 0.2) is 65.6 Å². The summed E-state index contributed by atoms with van der Waals surface area (Å²) < 4.78 is 28.0. The summed E-state index contributed by atoms with van der Waals surface area (Å²) in [4.78, 5) is 28.6. The molecule has 3 aromatic rings. The number of nitrogens with one attached hydrogen (secondary N) is 1. The van der Waals surface area contributed by atoms with Gasteiger partial charge in [-0.05, 0) is 61.4 Å². The monoisotopic (exact) mass is 555 g/mol. The van der Waals surface area contributed by atoms with Gasteiger partial charge in [-0.2, -0.15) is 0 Å². The van der Waals surface area contributed by atoms with Gasteiger partial charge in [0.25, 0.3) is 10.0 Å². The predicted octanol–water partition coefficient (Wildman–Crippen LogP) is 5.50. The van der Waals surface area contributed by atoms with Gasteiger partial charge in [0.2, 0.25) is 11.8 Å². The number of amides is 2. The lowest BCUT2D eigenvalue weighted by molar-refractivity contribution is -0.141. The zero-order chi connectivity index (χ0) is 27.4. The molecule has 2 atom stereocenters. The number of rotatable bonds is 11. The van der Waals surface area contributed by atoms with Gasteiger partial charge in [-0.3, -0.25) is 13.9 Å². The summed E-state index contributed by atoms with van der Waals surface area (Å²) >= 11 is 6.04. The molecule has 3 aromatic carbocycles. The van der Waals surface area contributed by atoms with E-state index in [1.165, 1.54) is 4.31 Å². The first kappa shape index (κ1) is 27.9. The highest BCUT2D eigenvalue weighted by molar-refractivity contribution is 7.93. The number of hydrogen-bond donors (Lipinski definition) is 1. The highest BCUT2D eigenvalue weighted by Crippen LogP contribution is 2.42. The predicted molar refractivity (Wildman–Crippen MR) is 152 cm³/mol. The topological polar surface area (TPSA) is 86.8 Å². The van der Waals surface area contributed by atoms with Crippen LogP contribution in [0.4, 0.5) is 5.69 Å². The Balaban J connectivity index is 1.52. The standard InChI is InChI=1S/C29H34ClN3O4S/c1-4-20(3)31-29(35)24(5-2)32(19-21-14-16-23(30)17-15-21)27(34)13-8-18-33-25-11-6-9-22-10-7-12-26(28(22)25)38(33,36)37/h6-7,9-12,14-17,20,24H,4-5,8,13,18-19H2,1-3H3,(H,31,35)/t20-,24+/m0/s1. The first-order chi connectivity index (χ1) is 18.2. The molecule has 0 fully saturated rings. The fourth-order valence-corrected chi connectivity index (χ4v) is 6.74. The van der Waals surface area contributed by atoms with Crippen LogP contribution in [0, 0.1) is 0 Å². The van der Waals surface area contributed by atoms with E-state index in [2.05, 4.69) is 5.32 Å². The molecule has 0 saturated heterocycles. The number of nitrogens with zero attached hydrogens (tertiary/aromatic N) is 2. The van der Waals surface area contributed by atoms with E-state index in [4.69, 9.17) is 11.6 Å². The maximum absolute atomic E-state index is 13.6. The molecule has 0 radical (unpaired) electrons. The Bertz CT molecular complexity index is 1420. The van der Waals surface area contributed by atoms with Crippen LogP contribution in [0.5, 0.6) is 0 Å². The van der Waals surface area contributed by atoms with Crippen LogP contribution in [0.3, 0.4) is 0 Å². The van der Waals surface area contributed by atoms with Gasteiger partial charge < -0.3 is 10.2 Å². The van der Waals surface area contributed by atoms with Gasteiger partial charge >= 0.3 is 0 Å². The van der Waals surface area contributed by atoms with Crippen molar-refractivity contribution in [1.29, 1.82) is 0 Å². The second-order valence-corrected chi connectivity index (χ2v) is 12.0. The van der Waals surface area contributed by atoms with Gasteiger partial charge in [0, 0.05) is 36.0 Å². The van der Waals surface area contributed by atoms with E-state index in [0.29, 0.717) is 28.4 Å². The maximum atomic E-state index is 13.6. The van der Waals surface area contributed by atoms with Gasteiger partial charge in [0.1, 0.15) is 6.04 Å². The minimum Gasteiger partial charge on any atom is -0.352 e. The molecular weight excluding hydrogens is 522 g/mol. The molecule has 2 amide bonds. The van der Waals surface area contributed by atoms with Crippen molar-refractivity contribution in [3.63, 3.8) is 0 Å². The van der Waals surface area contributed by atoms with Crippen molar-refractivity contribution in [2.24, 2.45) is 0 Å². The summed E-state index contributed by atoms with van der Waals surface area (Å²) in [6.45, 7) is 6.25. The summed E-state index contributed by atoms with van der Waals surface area (Å²) in [5.41, 5.74) is 1.50. The number of carbonyl (C=O) groups is 2. The second kappa shape index (κ2) is 11.7. The quantitative estimate of drug-likeness (QED) is 0.338. The van der Waals surface area contributed by atoms with Crippen molar-refractivity contribution in [3.05, 3.63) is 71.2 Å². The minimum atomic E-state index is -3.69. The lowest BCUT2D eigenvalue weighted by Crippen LogP contribution is -2.50. The van der Waals surface area contributed by atoms with Crippen LogP contribution in [0.2, 0.25) is 5.02 Å². The smallest absolute Gasteiger partial charge is 0.265 e. The average Bonchev–Trinajstić information content (AvgIpc) is 3.12. The van der Waals surface area contributed by atoms with Gasteiger partial charge in [0.05, 0.1) is 10.6 Å². The summed E-state index contributed by atoms with van der Waals surface area (Å²) in [5, 5.41) is 5.19. The SMILES string of the molecule is CC[C@H](C(=O)N[C@@H](C)CC)N(Cc1ccc(Cl)cc1)C(=O)CCCN1c2cccc3cccc(c23)S1(=O)=O. The highest BCUT2D eigenvalue weighted by atomic mass is 35.5. The van der Waals surface area contributed by atoms with Gasteiger partial charge in [-0.1, -0.05) is 61.8 Å². The van der Waals surface area contributed by atoms with Crippen molar-refractivity contribution in [3.8, 4) is 0 Å². The van der Waals surface area contributed by atoms with Crippen molar-refractivity contribution in [2.75, 3.05) is 10.8 Å². The Kier molecular flexibility index (Phi) is 8.63. The Morgan fingerprint density at radius 3 is 2.34 bits per heavy atom. The molecule has 9 heteroatoms. The molecule has 0 spiro atoms. The Morgan fingerprint density at radius 2 is 1.68 bits per heavy atom. The molecule has 1 aliphatic heterocycles. The maximum Gasteiger partial charge on any atom is 0.265 e. The Morgan fingerprint density at radius 1 is 1.00 bits per heavy atom. The lowest BCUT2D eigenvalue weighted by Gasteiger charge is -2.31. The largest absolute Gasteiger partial charge is 0.352 e. The average molecular weight is 556 g/mol. The van der Waals surface area contributed by atoms with Crippen molar-refractivity contribution in [2.45, 2.75) is 70.0 Å². The first-order valence-electron chi connectivity index (χ1n) is 13.1. The van der Waals surface area contributed by atoms with E-state index in [1.807, 2.05) is 51.1 Å². The van der Waals surface area contributed by atoms with Crippen LogP contribution < -0.4 is 9.62 Å². The van der Waals surface area contributed by atoms with Crippen LogP contribution in [0.25, 0.3) is 10.8 Å². The first-order valence-corrected chi connectivity index (χ1v) is 14.9. The Labute approximate surface area is 229 Å². The number of halogens is 1. The second-order valence-electron chi connectivity index (χ2n) is 9.70. The molecule has 0 saturated carbocycles. The zero-order valence-electron chi connectivity index (χ0n) is 22.0. The summed E-state index contributed by atoms with van der Waals surface area (Å²) in [5.74, 6) is -0.383. The number of anilines is 1. The van der Waals surface area contributed by atoms with E-state index >= 15 is 0 Å². The third-order valence-electron chi connectivity index (χ3n) is 7.09. The molecule has 202 valence electrons. The highest BCUT2D eigenvalue weighted by Gasteiger charge is 2.35. The summed E-state index contributed by atoms with van der Waals surface area (Å²) in [6, 6.07) is 17.4. The lowest BCUT2D eigenvalue weighted by atomic mass is 10.1. The Hall–Kier alpha value is -3.10. The van der Waals surface area contributed by atoms with Crippen LogP contribution in [-0.4, -0.2) is 43.8 Å². The number of sulfonamides is 1. The summed E-state index contributed by atoms with van der Waals surface area (Å²) in [7, 11) is -3.69.